The molecule has 172 valence electrons. The number of aromatic nitrogens is 4. The topological polar surface area (TPSA) is 122 Å². The average Bonchev–Trinajstić information content (AvgIpc) is 3.40. The quantitative estimate of drug-likeness (QED) is 0.590. The van der Waals surface area contributed by atoms with Gasteiger partial charge >= 0.3 is 5.69 Å². The van der Waals surface area contributed by atoms with Crippen LogP contribution in [0.3, 0.4) is 0 Å². The van der Waals surface area contributed by atoms with E-state index in [1.165, 1.54) is 18.4 Å². The summed E-state index contributed by atoms with van der Waals surface area (Å²) in [5.74, 6) is -0.498. The predicted molar refractivity (Wildman–Crippen MR) is 120 cm³/mol. The minimum absolute atomic E-state index is 0.0126. The molecule has 1 aliphatic rings. The summed E-state index contributed by atoms with van der Waals surface area (Å²) < 4.78 is 2.60. The first-order valence-electron chi connectivity index (χ1n) is 10.5. The van der Waals surface area contributed by atoms with Gasteiger partial charge in [-0.05, 0) is 27.2 Å². The highest BCUT2D eigenvalue weighted by atomic mass is 32.1. The van der Waals surface area contributed by atoms with E-state index in [0.29, 0.717) is 29.1 Å². The molecule has 3 aromatic heterocycles. The van der Waals surface area contributed by atoms with Crippen molar-refractivity contribution < 1.29 is 14.7 Å². The van der Waals surface area contributed by atoms with Crippen LogP contribution in [0, 0.1) is 13.8 Å². The second kappa shape index (κ2) is 7.98. The molecule has 1 atom stereocenters. The van der Waals surface area contributed by atoms with Gasteiger partial charge in [0.2, 0.25) is 0 Å². The average molecular weight is 462 g/mol. The fraction of sp³-hybridized carbons (Fsp3) is 0.524. The highest BCUT2D eigenvalue weighted by Crippen LogP contribution is 2.34. The molecule has 1 aliphatic heterocycles. The number of β-amino-alcohol motifs (C(OH)–C–C–N with tert-alkyl or cyclic N) is 1. The smallest absolute Gasteiger partial charge is 0.331 e. The second-order valence-electron chi connectivity index (χ2n) is 8.58. The number of carbonyl (C=O) groups is 1. The largest absolute Gasteiger partial charge is 0.386 e. The summed E-state index contributed by atoms with van der Waals surface area (Å²) in [6.45, 7) is 7.70. The molecule has 0 aliphatic carbocycles. The highest BCUT2D eigenvalue weighted by Gasteiger charge is 2.38. The SMILES string of the molecule is CCCn1c(=O)n(C)c(=O)c2c(C(=O)N3CC(C)(O)CO3)c(Cc3c(C)n[nH]c3C)sc21. The van der Waals surface area contributed by atoms with Gasteiger partial charge in [-0.3, -0.25) is 28.7 Å². The van der Waals surface area contributed by atoms with Crippen LogP contribution in [0.1, 0.15) is 52.5 Å². The standard InChI is InChI=1S/C21H27N5O5S/c1-6-7-25-19-16(17(27)24(5)20(25)29)15(18(28)26-9-21(4,30)10-31-26)14(32-19)8-13-11(2)22-23-12(13)3/h30H,6-10H2,1-5H3,(H,22,23). The zero-order valence-corrected chi connectivity index (χ0v) is 19.6. The molecule has 0 saturated carbocycles. The van der Waals surface area contributed by atoms with Crippen LogP contribution < -0.4 is 11.2 Å². The maximum atomic E-state index is 13.6. The van der Waals surface area contributed by atoms with Crippen molar-refractivity contribution in [3.05, 3.63) is 48.2 Å². The predicted octanol–water partition coefficient (Wildman–Crippen LogP) is 1.24. The number of aromatic amines is 1. The fourth-order valence-electron chi connectivity index (χ4n) is 4.02. The van der Waals surface area contributed by atoms with Crippen LogP contribution in [0.2, 0.25) is 0 Å². The van der Waals surface area contributed by atoms with Crippen LogP contribution in [0.5, 0.6) is 0 Å². The van der Waals surface area contributed by atoms with E-state index in [4.69, 9.17) is 4.84 Å². The maximum Gasteiger partial charge on any atom is 0.331 e. The van der Waals surface area contributed by atoms with Crippen LogP contribution in [0.25, 0.3) is 10.2 Å². The first-order chi connectivity index (χ1) is 15.1. The Bertz CT molecular complexity index is 1310. The summed E-state index contributed by atoms with van der Waals surface area (Å²) >= 11 is 1.27. The molecule has 0 aromatic carbocycles. The van der Waals surface area contributed by atoms with E-state index in [9.17, 15) is 19.5 Å². The first-order valence-corrected chi connectivity index (χ1v) is 11.3. The van der Waals surface area contributed by atoms with Crippen molar-refractivity contribution in [2.45, 2.75) is 52.7 Å². The van der Waals surface area contributed by atoms with Gasteiger partial charge in [-0.25, -0.2) is 9.86 Å². The summed E-state index contributed by atoms with van der Waals surface area (Å²) in [7, 11) is 1.42. The van der Waals surface area contributed by atoms with Gasteiger partial charge in [0.1, 0.15) is 17.0 Å². The normalized spacial score (nSPS) is 18.8. The molecule has 32 heavy (non-hydrogen) atoms. The summed E-state index contributed by atoms with van der Waals surface area (Å²) in [4.78, 5) is 46.2. The number of hydroxylamine groups is 2. The number of thiophene rings is 1. The van der Waals surface area contributed by atoms with Gasteiger partial charge in [0.25, 0.3) is 11.5 Å². The minimum Gasteiger partial charge on any atom is -0.386 e. The van der Waals surface area contributed by atoms with E-state index in [1.807, 2.05) is 20.8 Å². The Morgan fingerprint density at radius 1 is 1.34 bits per heavy atom. The molecule has 1 fully saturated rings. The van der Waals surface area contributed by atoms with E-state index in [1.54, 1.807) is 11.5 Å². The third kappa shape index (κ3) is 3.59. The van der Waals surface area contributed by atoms with Crippen LogP contribution in [-0.4, -0.2) is 54.2 Å². The lowest BCUT2D eigenvalue weighted by Crippen LogP contribution is -2.39. The lowest BCUT2D eigenvalue weighted by molar-refractivity contribution is -0.0796. The molecule has 1 unspecified atom stereocenters. The molecule has 4 heterocycles. The summed E-state index contributed by atoms with van der Waals surface area (Å²) in [5.41, 5.74) is 0.723. The zero-order valence-electron chi connectivity index (χ0n) is 18.8. The van der Waals surface area contributed by atoms with Crippen molar-refractivity contribution >= 4 is 27.5 Å². The molecule has 3 aromatic rings. The Hall–Kier alpha value is -2.76. The van der Waals surface area contributed by atoms with Gasteiger partial charge in [-0.2, -0.15) is 5.10 Å². The summed E-state index contributed by atoms with van der Waals surface area (Å²) in [6, 6.07) is 0. The van der Waals surface area contributed by atoms with Crippen molar-refractivity contribution in [1.29, 1.82) is 0 Å². The van der Waals surface area contributed by atoms with Gasteiger partial charge in [0.05, 0.1) is 23.2 Å². The highest BCUT2D eigenvalue weighted by molar-refractivity contribution is 7.19. The molecule has 10 nitrogen and oxygen atoms in total. The van der Waals surface area contributed by atoms with Crippen molar-refractivity contribution in [2.75, 3.05) is 13.2 Å². The molecule has 2 N–H and O–H groups in total. The molecular weight excluding hydrogens is 434 g/mol. The van der Waals surface area contributed by atoms with E-state index < -0.39 is 22.8 Å². The number of nitrogens with zero attached hydrogens (tertiary/aromatic N) is 4. The number of H-pyrrole nitrogens is 1. The lowest BCUT2D eigenvalue weighted by atomic mass is 10.0. The number of hydrogen-bond donors (Lipinski definition) is 2. The van der Waals surface area contributed by atoms with E-state index in [-0.39, 0.29) is 24.1 Å². The van der Waals surface area contributed by atoms with E-state index in [2.05, 4.69) is 10.2 Å². The Morgan fingerprint density at radius 3 is 2.62 bits per heavy atom. The van der Waals surface area contributed by atoms with Crippen LogP contribution >= 0.6 is 11.3 Å². The third-order valence-corrected chi connectivity index (χ3v) is 6.98. The monoisotopic (exact) mass is 461 g/mol. The number of amides is 1. The Balaban J connectivity index is 1.99. The van der Waals surface area contributed by atoms with Gasteiger partial charge < -0.3 is 5.11 Å². The number of aryl methyl sites for hydroxylation is 3. The minimum atomic E-state index is -1.17. The summed E-state index contributed by atoms with van der Waals surface area (Å²) in [5, 5.41) is 18.8. The van der Waals surface area contributed by atoms with E-state index >= 15 is 0 Å². The second-order valence-corrected chi connectivity index (χ2v) is 9.66. The molecule has 4 rings (SSSR count). The van der Waals surface area contributed by atoms with Crippen LogP contribution in [-0.2, 0) is 24.9 Å². The van der Waals surface area contributed by atoms with Gasteiger partial charge in [-0.1, -0.05) is 6.92 Å². The van der Waals surface area contributed by atoms with Crippen LogP contribution in [0.4, 0.5) is 0 Å². The molecule has 1 saturated heterocycles. The van der Waals surface area contributed by atoms with Crippen molar-refractivity contribution in [3.8, 4) is 0 Å². The number of nitrogens with one attached hydrogen (secondary N) is 1. The van der Waals surface area contributed by atoms with Gasteiger partial charge in [0, 0.05) is 36.1 Å². The fourth-order valence-corrected chi connectivity index (χ4v) is 5.33. The molecule has 11 heteroatoms. The van der Waals surface area contributed by atoms with Crippen molar-refractivity contribution in [3.63, 3.8) is 0 Å². The number of rotatable bonds is 5. The molecule has 0 spiro atoms. The molecule has 0 bridgehead atoms. The number of fused-ring (bicyclic) bond motifs is 1. The Labute approximate surface area is 188 Å². The van der Waals surface area contributed by atoms with Crippen LogP contribution in [0.15, 0.2) is 9.59 Å². The third-order valence-electron chi connectivity index (χ3n) is 5.77. The number of aliphatic hydroxyl groups is 1. The number of hydrogen-bond acceptors (Lipinski definition) is 7. The molecular formula is C21H27N5O5S. The van der Waals surface area contributed by atoms with E-state index in [0.717, 1.165) is 26.6 Å². The zero-order chi connectivity index (χ0) is 23.4. The number of carbonyl (C=O) groups excluding carboxylic acids is 1. The molecule has 0 radical (unpaired) electrons. The molecule has 1 amide bonds. The first kappa shape index (κ1) is 22.4. The Kier molecular flexibility index (Phi) is 5.60. The maximum absolute atomic E-state index is 13.6. The van der Waals surface area contributed by atoms with Crippen molar-refractivity contribution in [1.82, 2.24) is 24.4 Å². The van der Waals surface area contributed by atoms with Gasteiger partial charge in [-0.15, -0.1) is 11.3 Å². The van der Waals surface area contributed by atoms with Crippen molar-refractivity contribution in [2.24, 2.45) is 7.05 Å². The summed E-state index contributed by atoms with van der Waals surface area (Å²) in [6.07, 6.45) is 1.07. The van der Waals surface area contributed by atoms with Gasteiger partial charge in [0.15, 0.2) is 0 Å². The Morgan fingerprint density at radius 2 is 2.06 bits per heavy atom. The lowest BCUT2D eigenvalue weighted by Gasteiger charge is -2.16.